The molecule has 0 spiro atoms. The number of amides is 1. The third-order valence-corrected chi connectivity index (χ3v) is 3.27. The normalized spacial score (nSPS) is 10.1. The van der Waals surface area contributed by atoms with Crippen molar-refractivity contribution < 1.29 is 14.3 Å². The zero-order valence-electron chi connectivity index (χ0n) is 12.8. The number of hydrogen-bond donors (Lipinski definition) is 1. The summed E-state index contributed by atoms with van der Waals surface area (Å²) in [6, 6.07) is 11.3. The number of hydrogen-bond acceptors (Lipinski definition) is 4. The molecule has 2 aromatic rings. The molecule has 1 heterocycles. The maximum absolute atomic E-state index is 11.9. The van der Waals surface area contributed by atoms with E-state index in [1.54, 1.807) is 20.4 Å². The molecule has 0 fully saturated rings. The number of rotatable bonds is 7. The van der Waals surface area contributed by atoms with Gasteiger partial charge in [0.1, 0.15) is 0 Å². The van der Waals surface area contributed by atoms with Crippen LogP contribution in [0, 0.1) is 0 Å². The Kier molecular flexibility index (Phi) is 5.77. The fourth-order valence-corrected chi connectivity index (χ4v) is 2.07. The molecule has 5 heteroatoms. The van der Waals surface area contributed by atoms with Crippen LogP contribution in [0.3, 0.4) is 0 Å². The minimum Gasteiger partial charge on any atom is -0.493 e. The van der Waals surface area contributed by atoms with Crippen molar-refractivity contribution in [3.05, 3.63) is 53.9 Å². The number of aryl methyl sites for hydroxylation is 1. The van der Waals surface area contributed by atoms with Gasteiger partial charge in [0.15, 0.2) is 11.5 Å². The lowest BCUT2D eigenvalue weighted by molar-refractivity contribution is -0.121. The molecular formula is C17H20N2O3. The number of aromatic nitrogens is 1. The molecule has 0 unspecified atom stereocenters. The van der Waals surface area contributed by atoms with E-state index in [0.717, 1.165) is 11.3 Å². The predicted molar refractivity (Wildman–Crippen MR) is 84.0 cm³/mol. The summed E-state index contributed by atoms with van der Waals surface area (Å²) in [5.41, 5.74) is 1.88. The first-order chi connectivity index (χ1) is 10.7. The van der Waals surface area contributed by atoms with E-state index in [-0.39, 0.29) is 5.91 Å². The first-order valence-electron chi connectivity index (χ1n) is 7.10. The molecule has 116 valence electrons. The quantitative estimate of drug-likeness (QED) is 0.852. The second kappa shape index (κ2) is 8.02. The number of carbonyl (C=O) groups is 1. The highest BCUT2D eigenvalue weighted by atomic mass is 16.5. The second-order valence-electron chi connectivity index (χ2n) is 4.79. The van der Waals surface area contributed by atoms with Crippen molar-refractivity contribution >= 4 is 5.91 Å². The van der Waals surface area contributed by atoms with E-state index in [2.05, 4.69) is 10.3 Å². The van der Waals surface area contributed by atoms with E-state index in [1.807, 2.05) is 36.4 Å². The lowest BCUT2D eigenvalue weighted by Gasteiger charge is -2.10. The van der Waals surface area contributed by atoms with Crippen LogP contribution in [-0.2, 0) is 17.8 Å². The minimum absolute atomic E-state index is 0.000406. The smallest absolute Gasteiger partial charge is 0.220 e. The van der Waals surface area contributed by atoms with Crippen molar-refractivity contribution in [2.24, 2.45) is 0 Å². The fraction of sp³-hybridized carbons (Fsp3) is 0.294. The third-order valence-electron chi connectivity index (χ3n) is 3.27. The van der Waals surface area contributed by atoms with Crippen LogP contribution in [0.5, 0.6) is 11.5 Å². The van der Waals surface area contributed by atoms with E-state index in [9.17, 15) is 4.79 Å². The zero-order valence-corrected chi connectivity index (χ0v) is 12.8. The lowest BCUT2D eigenvalue weighted by Crippen LogP contribution is -2.23. The van der Waals surface area contributed by atoms with Crippen LogP contribution >= 0.6 is 0 Å². The zero-order chi connectivity index (χ0) is 15.8. The maximum Gasteiger partial charge on any atom is 0.220 e. The van der Waals surface area contributed by atoms with Crippen LogP contribution in [0.15, 0.2) is 42.6 Å². The van der Waals surface area contributed by atoms with Crippen LogP contribution in [-0.4, -0.2) is 25.1 Å². The highest BCUT2D eigenvalue weighted by molar-refractivity contribution is 5.76. The number of benzene rings is 1. The molecule has 0 saturated heterocycles. The van der Waals surface area contributed by atoms with Gasteiger partial charge in [-0.2, -0.15) is 0 Å². The number of pyridine rings is 1. The van der Waals surface area contributed by atoms with E-state index < -0.39 is 0 Å². The highest BCUT2D eigenvalue weighted by Gasteiger charge is 2.06. The minimum atomic E-state index is 0.000406. The Labute approximate surface area is 130 Å². The van der Waals surface area contributed by atoms with Gasteiger partial charge in [-0.3, -0.25) is 9.78 Å². The van der Waals surface area contributed by atoms with Gasteiger partial charge < -0.3 is 14.8 Å². The van der Waals surface area contributed by atoms with Gasteiger partial charge in [-0.1, -0.05) is 12.1 Å². The highest BCUT2D eigenvalue weighted by Crippen LogP contribution is 2.27. The van der Waals surface area contributed by atoms with Crippen LogP contribution < -0.4 is 14.8 Å². The molecule has 1 aromatic heterocycles. The van der Waals surface area contributed by atoms with E-state index in [0.29, 0.717) is 30.9 Å². The Morgan fingerprint density at radius 3 is 2.64 bits per heavy atom. The number of nitrogens with zero attached hydrogens (tertiary/aromatic N) is 1. The molecule has 0 aliphatic rings. The Morgan fingerprint density at radius 2 is 1.95 bits per heavy atom. The fourth-order valence-electron chi connectivity index (χ4n) is 2.07. The van der Waals surface area contributed by atoms with E-state index >= 15 is 0 Å². The third kappa shape index (κ3) is 4.48. The van der Waals surface area contributed by atoms with Gasteiger partial charge in [-0.25, -0.2) is 0 Å². The van der Waals surface area contributed by atoms with Crippen molar-refractivity contribution in [3.8, 4) is 11.5 Å². The molecule has 0 radical (unpaired) electrons. The van der Waals surface area contributed by atoms with Crippen molar-refractivity contribution in [3.63, 3.8) is 0 Å². The molecule has 0 aliphatic carbocycles. The molecule has 0 atom stereocenters. The summed E-state index contributed by atoms with van der Waals surface area (Å²) in [6.07, 6.45) is 2.79. The number of nitrogens with one attached hydrogen (secondary N) is 1. The largest absolute Gasteiger partial charge is 0.493 e. The average Bonchev–Trinajstić information content (AvgIpc) is 2.58. The molecular weight excluding hydrogens is 280 g/mol. The second-order valence-corrected chi connectivity index (χ2v) is 4.79. The number of methoxy groups -OCH3 is 2. The van der Waals surface area contributed by atoms with Crippen LogP contribution in [0.1, 0.15) is 17.7 Å². The van der Waals surface area contributed by atoms with Gasteiger partial charge in [0, 0.05) is 24.9 Å². The summed E-state index contributed by atoms with van der Waals surface area (Å²) in [5.74, 6) is 1.33. The topological polar surface area (TPSA) is 60.5 Å². The lowest BCUT2D eigenvalue weighted by atomic mass is 10.2. The molecule has 22 heavy (non-hydrogen) atoms. The van der Waals surface area contributed by atoms with Crippen LogP contribution in [0.2, 0.25) is 0 Å². The standard InChI is InChI=1S/C17H20N2O3/c1-21-15-8-6-13(11-16(15)22-2)12-19-17(20)9-7-14-5-3-4-10-18-14/h3-6,8,10-11H,7,9,12H2,1-2H3,(H,19,20). The molecule has 2 rings (SSSR count). The molecule has 0 saturated carbocycles. The van der Waals surface area contributed by atoms with Gasteiger partial charge in [-0.15, -0.1) is 0 Å². The SMILES string of the molecule is COc1ccc(CNC(=O)CCc2ccccn2)cc1OC. The summed E-state index contributed by atoms with van der Waals surface area (Å²) in [4.78, 5) is 16.1. The first kappa shape index (κ1) is 15.8. The van der Waals surface area contributed by atoms with Gasteiger partial charge in [0.25, 0.3) is 0 Å². The maximum atomic E-state index is 11.9. The van der Waals surface area contributed by atoms with Crippen molar-refractivity contribution in [2.75, 3.05) is 14.2 Å². The Balaban J connectivity index is 1.83. The molecule has 0 aliphatic heterocycles. The Bertz CT molecular complexity index is 615. The first-order valence-corrected chi connectivity index (χ1v) is 7.10. The van der Waals surface area contributed by atoms with Crippen LogP contribution in [0.25, 0.3) is 0 Å². The molecule has 1 amide bonds. The van der Waals surface area contributed by atoms with E-state index in [4.69, 9.17) is 9.47 Å². The Morgan fingerprint density at radius 1 is 1.14 bits per heavy atom. The monoisotopic (exact) mass is 300 g/mol. The molecule has 1 aromatic carbocycles. The number of ether oxygens (including phenoxy) is 2. The molecule has 1 N–H and O–H groups in total. The summed E-state index contributed by atoms with van der Waals surface area (Å²) in [5, 5.41) is 2.89. The summed E-state index contributed by atoms with van der Waals surface area (Å²) < 4.78 is 10.4. The van der Waals surface area contributed by atoms with Gasteiger partial charge in [-0.05, 0) is 36.2 Å². The molecule has 0 bridgehead atoms. The van der Waals surface area contributed by atoms with Gasteiger partial charge in [0.2, 0.25) is 5.91 Å². The Hall–Kier alpha value is -2.56. The summed E-state index contributed by atoms with van der Waals surface area (Å²) in [6.45, 7) is 0.460. The van der Waals surface area contributed by atoms with Crippen LogP contribution in [0.4, 0.5) is 0 Å². The summed E-state index contributed by atoms with van der Waals surface area (Å²) >= 11 is 0. The summed E-state index contributed by atoms with van der Waals surface area (Å²) in [7, 11) is 3.18. The van der Waals surface area contributed by atoms with Crippen molar-refractivity contribution in [1.29, 1.82) is 0 Å². The van der Waals surface area contributed by atoms with E-state index in [1.165, 1.54) is 0 Å². The van der Waals surface area contributed by atoms with Crippen molar-refractivity contribution in [1.82, 2.24) is 10.3 Å². The van der Waals surface area contributed by atoms with Crippen molar-refractivity contribution in [2.45, 2.75) is 19.4 Å². The van der Waals surface area contributed by atoms with Gasteiger partial charge in [0.05, 0.1) is 14.2 Å². The average molecular weight is 300 g/mol. The predicted octanol–water partition coefficient (Wildman–Crippen LogP) is 2.35. The molecule has 5 nitrogen and oxygen atoms in total. The number of carbonyl (C=O) groups excluding carboxylic acids is 1. The van der Waals surface area contributed by atoms with Gasteiger partial charge >= 0.3 is 0 Å².